The monoisotopic (exact) mass is 158 g/mol. The molecule has 1 aliphatic heterocycles. The number of nitrogens with zero attached hydrogens (tertiary/aromatic N) is 1. The highest BCUT2D eigenvalue weighted by Crippen LogP contribution is 2.29. The number of rotatable bonds is 2. The second kappa shape index (κ2) is 3.11. The van der Waals surface area contributed by atoms with Crippen LogP contribution in [0.25, 0.3) is 0 Å². The molecule has 0 bridgehead atoms. The molecular weight excluding hydrogens is 138 g/mol. The molecule has 1 fully saturated rings. The van der Waals surface area contributed by atoms with E-state index in [1.807, 2.05) is 7.11 Å². The van der Waals surface area contributed by atoms with Crippen molar-refractivity contribution < 1.29 is 9.48 Å². The summed E-state index contributed by atoms with van der Waals surface area (Å²) in [4.78, 5) is 5.61. The van der Waals surface area contributed by atoms with E-state index in [1.165, 1.54) is 19.4 Å². The van der Waals surface area contributed by atoms with Gasteiger partial charge in [-0.3, -0.25) is 0 Å². The first-order chi connectivity index (χ1) is 5.13. The van der Waals surface area contributed by atoms with Crippen molar-refractivity contribution in [3.05, 3.63) is 0 Å². The average molecular weight is 158 g/mol. The lowest BCUT2D eigenvalue weighted by Gasteiger charge is -2.37. The Morgan fingerprint density at radius 3 is 2.27 bits per heavy atom. The van der Waals surface area contributed by atoms with Crippen LogP contribution in [0, 0.1) is 0 Å². The van der Waals surface area contributed by atoms with E-state index in [-0.39, 0.29) is 0 Å². The normalized spacial score (nSPS) is 38.5. The van der Waals surface area contributed by atoms with Crippen LogP contribution in [0.2, 0.25) is 0 Å². The van der Waals surface area contributed by atoms with Crippen molar-refractivity contribution in [1.82, 2.24) is 0 Å². The molecule has 2 heteroatoms. The molecule has 11 heavy (non-hydrogen) atoms. The van der Waals surface area contributed by atoms with Gasteiger partial charge < -0.3 is 0 Å². The van der Waals surface area contributed by atoms with Crippen LogP contribution in [-0.4, -0.2) is 30.4 Å². The summed E-state index contributed by atoms with van der Waals surface area (Å²) >= 11 is 0. The largest absolute Gasteiger partial charge is 0.206 e. The van der Waals surface area contributed by atoms with E-state index in [9.17, 15) is 0 Å². The lowest BCUT2D eigenvalue weighted by Crippen LogP contribution is -2.54. The Labute approximate surface area is 69.7 Å². The minimum Gasteiger partial charge on any atom is -0.206 e. The van der Waals surface area contributed by atoms with Crippen molar-refractivity contribution in [1.29, 1.82) is 0 Å². The molecule has 1 rings (SSSR count). The van der Waals surface area contributed by atoms with Gasteiger partial charge in [-0.25, -0.2) is 4.84 Å². The molecule has 1 aliphatic rings. The zero-order chi connectivity index (χ0) is 8.48. The Kier molecular flexibility index (Phi) is 2.55. The van der Waals surface area contributed by atoms with E-state index in [0.717, 1.165) is 4.65 Å². The van der Waals surface area contributed by atoms with Crippen LogP contribution >= 0.6 is 0 Å². The fourth-order valence-corrected chi connectivity index (χ4v) is 2.32. The minimum absolute atomic E-state index is 0.595. The average Bonchev–Trinajstić information content (AvgIpc) is 2.32. The molecular formula is C9H20NO+. The maximum absolute atomic E-state index is 5.61. The second-order valence-electron chi connectivity index (χ2n) is 3.85. The third kappa shape index (κ3) is 1.30. The number of hydroxylamine groups is 3. The highest BCUT2D eigenvalue weighted by molar-refractivity contribution is 4.61. The standard InChI is InChI=1S/C9H20NO/c1-8(2)10(11-4)7-5-6-9(10)3/h8-9H,5-7H2,1-4H3/q+1. The smallest absolute Gasteiger partial charge is 0.117 e. The quantitative estimate of drug-likeness (QED) is 0.558. The van der Waals surface area contributed by atoms with Gasteiger partial charge in [0.1, 0.15) is 18.6 Å². The van der Waals surface area contributed by atoms with Gasteiger partial charge in [0.15, 0.2) is 0 Å². The molecule has 2 atom stereocenters. The molecule has 0 saturated carbocycles. The van der Waals surface area contributed by atoms with Gasteiger partial charge in [-0.05, 0) is 20.8 Å². The lowest BCUT2D eigenvalue weighted by atomic mass is 10.2. The van der Waals surface area contributed by atoms with Gasteiger partial charge in [-0.15, -0.1) is 0 Å². The molecule has 0 aromatic carbocycles. The molecule has 1 saturated heterocycles. The van der Waals surface area contributed by atoms with Crippen LogP contribution in [-0.2, 0) is 4.84 Å². The van der Waals surface area contributed by atoms with Gasteiger partial charge in [-0.1, -0.05) is 0 Å². The maximum Gasteiger partial charge on any atom is 0.117 e. The first-order valence-electron chi connectivity index (χ1n) is 4.56. The Bertz CT molecular complexity index is 136. The summed E-state index contributed by atoms with van der Waals surface area (Å²) in [6, 6.07) is 1.28. The van der Waals surface area contributed by atoms with Crippen molar-refractivity contribution >= 4 is 0 Å². The lowest BCUT2D eigenvalue weighted by molar-refractivity contribution is -1.12. The molecule has 2 unspecified atom stereocenters. The highest BCUT2D eigenvalue weighted by atomic mass is 16.7. The summed E-state index contributed by atoms with van der Waals surface area (Å²) in [6.45, 7) is 7.96. The van der Waals surface area contributed by atoms with E-state index in [4.69, 9.17) is 4.84 Å². The fraction of sp³-hybridized carbons (Fsp3) is 1.00. The molecule has 0 aromatic rings. The molecule has 0 radical (unpaired) electrons. The second-order valence-corrected chi connectivity index (χ2v) is 3.85. The summed E-state index contributed by atoms with van der Waals surface area (Å²) < 4.78 is 0.861. The van der Waals surface area contributed by atoms with Gasteiger partial charge in [0, 0.05) is 12.8 Å². The predicted octanol–water partition coefficient (Wildman–Crippen LogP) is 1.96. The molecule has 0 amide bonds. The Morgan fingerprint density at radius 1 is 1.45 bits per heavy atom. The molecule has 0 N–H and O–H groups in total. The molecule has 66 valence electrons. The van der Waals surface area contributed by atoms with E-state index >= 15 is 0 Å². The summed E-state index contributed by atoms with van der Waals surface area (Å²) in [5.74, 6) is 0. The number of hydrogen-bond donors (Lipinski definition) is 0. The third-order valence-electron chi connectivity index (χ3n) is 3.09. The van der Waals surface area contributed by atoms with Gasteiger partial charge in [0.25, 0.3) is 0 Å². The Balaban J connectivity index is 2.73. The van der Waals surface area contributed by atoms with E-state index in [1.54, 1.807) is 0 Å². The van der Waals surface area contributed by atoms with Gasteiger partial charge in [0.2, 0.25) is 0 Å². The Hall–Kier alpha value is -0.0800. The Morgan fingerprint density at radius 2 is 2.09 bits per heavy atom. The summed E-state index contributed by atoms with van der Waals surface area (Å²) in [5, 5.41) is 0. The topological polar surface area (TPSA) is 9.23 Å². The minimum atomic E-state index is 0.595. The van der Waals surface area contributed by atoms with Crippen LogP contribution in [0.5, 0.6) is 0 Å². The molecule has 0 aromatic heterocycles. The van der Waals surface area contributed by atoms with E-state index in [2.05, 4.69) is 20.8 Å². The summed E-state index contributed by atoms with van der Waals surface area (Å²) in [7, 11) is 1.84. The van der Waals surface area contributed by atoms with Crippen LogP contribution in [0.1, 0.15) is 33.6 Å². The zero-order valence-electron chi connectivity index (χ0n) is 8.13. The van der Waals surface area contributed by atoms with Crippen molar-refractivity contribution in [2.24, 2.45) is 0 Å². The number of likely N-dealkylation sites (tertiary alicyclic amines) is 1. The summed E-state index contributed by atoms with van der Waals surface area (Å²) in [6.07, 6.45) is 2.62. The highest BCUT2D eigenvalue weighted by Gasteiger charge is 2.42. The van der Waals surface area contributed by atoms with Crippen molar-refractivity contribution in [3.63, 3.8) is 0 Å². The first kappa shape index (κ1) is 9.01. The van der Waals surface area contributed by atoms with Crippen LogP contribution < -0.4 is 0 Å². The van der Waals surface area contributed by atoms with Crippen LogP contribution in [0.15, 0.2) is 0 Å². The molecule has 0 spiro atoms. The molecule has 2 nitrogen and oxygen atoms in total. The molecule has 0 aliphatic carbocycles. The first-order valence-corrected chi connectivity index (χ1v) is 4.56. The van der Waals surface area contributed by atoms with E-state index < -0.39 is 0 Å². The number of quaternary nitrogens is 1. The zero-order valence-corrected chi connectivity index (χ0v) is 8.13. The summed E-state index contributed by atoms with van der Waals surface area (Å²) in [5.41, 5.74) is 0. The van der Waals surface area contributed by atoms with Crippen molar-refractivity contribution in [2.45, 2.75) is 45.7 Å². The van der Waals surface area contributed by atoms with Crippen LogP contribution in [0.3, 0.4) is 0 Å². The van der Waals surface area contributed by atoms with Crippen LogP contribution in [0.4, 0.5) is 0 Å². The van der Waals surface area contributed by atoms with Crippen molar-refractivity contribution in [3.8, 4) is 0 Å². The fourth-order valence-electron chi connectivity index (χ4n) is 2.32. The predicted molar refractivity (Wildman–Crippen MR) is 46.0 cm³/mol. The van der Waals surface area contributed by atoms with Gasteiger partial charge in [-0.2, -0.15) is 4.65 Å². The van der Waals surface area contributed by atoms with Gasteiger partial charge in [0.05, 0.1) is 7.11 Å². The molecule has 1 heterocycles. The van der Waals surface area contributed by atoms with E-state index in [0.29, 0.717) is 12.1 Å². The SMILES string of the molecule is CO[N+]1(C(C)C)CCCC1C. The maximum atomic E-state index is 5.61. The van der Waals surface area contributed by atoms with Crippen molar-refractivity contribution in [2.75, 3.05) is 13.7 Å². The van der Waals surface area contributed by atoms with Gasteiger partial charge >= 0.3 is 0 Å². The number of hydrogen-bond acceptors (Lipinski definition) is 1. The third-order valence-corrected chi connectivity index (χ3v) is 3.09.